The van der Waals surface area contributed by atoms with Gasteiger partial charge in [-0.05, 0) is 105 Å². The third kappa shape index (κ3) is 24.7. The van der Waals surface area contributed by atoms with E-state index in [0.29, 0.717) is 101 Å². The molecule has 34 heteroatoms. The molecular formula is C75H87N19O12S3. The molecule has 0 radical (unpaired) electrons. The molecule has 31 nitrogen and oxygen atoms in total. The van der Waals surface area contributed by atoms with Gasteiger partial charge in [0.15, 0.2) is 46.8 Å². The number of amidine groups is 1. The number of nitrogens with one attached hydrogen (secondary N) is 4. The number of carbonyl (C=O) groups excluding carboxylic acids is 3. The van der Waals surface area contributed by atoms with Crippen molar-refractivity contribution in [2.75, 3.05) is 95.7 Å². The van der Waals surface area contributed by atoms with E-state index in [2.05, 4.69) is 85.7 Å². The van der Waals surface area contributed by atoms with Crippen LogP contribution in [0.2, 0.25) is 0 Å². The van der Waals surface area contributed by atoms with Crippen LogP contribution in [0, 0.1) is 0 Å². The molecule has 572 valence electrons. The number of anilines is 3. The van der Waals surface area contributed by atoms with Gasteiger partial charge in [-0.15, -0.1) is 17.5 Å². The standard InChI is InChI=1S/C25H28N6O4S.C19H25N7O3S.C17H21N5O.C14H13NO4S/c1-36(33,34)30-24(35-20-10-6-3-7-11-20)31-16-12-25(13-17-31,19-8-4-2-5-9-19)18-29-23(32)21-22(26)28-15-14-27-21;1-30(28,29)25-18(21)26-11-7-19(8-12-26,14-5-3-2-4-6-14)13-24-17(27)15-16(20)23-10-9-22-15;18-15-14(20-10-11-21-15)16(23)22-12-17(6-8-19-9-7-17)13-4-2-1-3-5-13;1-16-19-20-15-14(17-12-8-4-2-5-9-12)18-13-10-6-3-7-11-13/h2-11,14-15H,12-13,16-18H2,1H3,(H2,26,28)(H,29,32);2-6,9-10H,7-8,11-13H2,1H3,(H2,20,23)(H2,21,25)(H,24,27);1-5,10-11,19H,6-9,12H2,(H2,18,21)(H,22,23);2-11H,1H3. The number of aromatic nitrogens is 6. The largest absolute Gasteiger partial charge is 0.425 e. The number of hydrogen-bond acceptors (Lipinski definition) is 24. The molecule has 0 bridgehead atoms. The molecule has 12 N–H and O–H groups in total. The number of guanidine groups is 1. The highest BCUT2D eigenvalue weighted by Crippen LogP contribution is 2.38. The van der Waals surface area contributed by atoms with Gasteiger partial charge in [-0.1, -0.05) is 146 Å². The molecule has 0 aliphatic carbocycles. The van der Waals surface area contributed by atoms with Crippen molar-refractivity contribution >= 4 is 85.5 Å². The van der Waals surface area contributed by atoms with Crippen LogP contribution in [0.15, 0.2) is 232 Å². The van der Waals surface area contributed by atoms with Crippen LogP contribution in [-0.2, 0) is 45.5 Å². The molecule has 3 saturated heterocycles. The van der Waals surface area contributed by atoms with E-state index in [1.807, 2.05) is 126 Å². The quantitative estimate of drug-likeness (QED) is 0.00719. The predicted molar refractivity (Wildman–Crippen MR) is 417 cm³/mol. The number of amides is 3. The number of nitrogens with two attached hydrogens (primary N) is 4. The number of piperidine rings is 3. The molecule has 3 aliphatic rings. The van der Waals surface area contributed by atoms with Crippen molar-refractivity contribution in [1.82, 2.24) is 61.0 Å². The molecule has 3 fully saturated rings. The number of ether oxygens (including phenoxy) is 3. The topological polar surface area (TPSA) is 439 Å². The van der Waals surface area contributed by atoms with Crippen LogP contribution in [-0.4, -0.2) is 171 Å². The molecule has 0 saturated carbocycles. The van der Waals surface area contributed by atoms with Crippen molar-refractivity contribution in [1.29, 1.82) is 0 Å². The predicted octanol–water partition coefficient (Wildman–Crippen LogP) is 7.07. The van der Waals surface area contributed by atoms with Gasteiger partial charge < -0.3 is 68.2 Å². The van der Waals surface area contributed by atoms with Crippen molar-refractivity contribution in [3.05, 3.63) is 253 Å². The van der Waals surface area contributed by atoms with Crippen LogP contribution >= 0.6 is 12.2 Å². The van der Waals surface area contributed by atoms with Gasteiger partial charge in [0, 0.05) is 99.2 Å². The first kappa shape index (κ1) is 81.4. The second kappa shape index (κ2) is 39.8. The first-order chi connectivity index (χ1) is 52.6. The van der Waals surface area contributed by atoms with Gasteiger partial charge in [0.05, 0.1) is 19.6 Å². The first-order valence-corrected chi connectivity index (χ1v) is 38.8. The fourth-order valence-electron chi connectivity index (χ4n) is 12.3. The van der Waals surface area contributed by atoms with Crippen molar-refractivity contribution in [3.8, 4) is 17.2 Å². The van der Waals surface area contributed by atoms with E-state index >= 15 is 0 Å². The van der Waals surface area contributed by atoms with Gasteiger partial charge in [0.2, 0.25) is 5.96 Å². The maximum Gasteiger partial charge on any atom is 0.408 e. The molecule has 3 aromatic heterocycles. The highest BCUT2D eigenvalue weighted by atomic mass is 32.2. The molecule has 109 heavy (non-hydrogen) atoms. The van der Waals surface area contributed by atoms with Gasteiger partial charge in [-0.2, -0.15) is 0 Å². The molecule has 6 aromatic carbocycles. The number of hydrogen-bond donors (Lipinski definition) is 8. The normalized spacial score (nSPS) is 15.2. The third-order valence-electron chi connectivity index (χ3n) is 17.9. The van der Waals surface area contributed by atoms with Crippen LogP contribution in [0.25, 0.3) is 0 Å². The molecular weight excluding hydrogens is 1460 g/mol. The molecule has 9 aromatic rings. The number of nitrogens with zero attached hydrogens (tertiary/aromatic N) is 11. The maximum absolute atomic E-state index is 12.8. The number of benzene rings is 6. The molecule has 6 heterocycles. The fourth-order valence-corrected chi connectivity index (χ4v) is 13.4. The highest BCUT2D eigenvalue weighted by Gasteiger charge is 2.40. The summed E-state index contributed by atoms with van der Waals surface area (Å²) in [7, 11) is -5.87. The lowest BCUT2D eigenvalue weighted by atomic mass is 9.72. The van der Waals surface area contributed by atoms with Crippen LogP contribution < -0.4 is 58.4 Å². The molecule has 0 spiro atoms. The van der Waals surface area contributed by atoms with Crippen molar-refractivity contribution in [3.63, 3.8) is 0 Å². The van der Waals surface area contributed by atoms with Crippen molar-refractivity contribution < 1.29 is 54.7 Å². The smallest absolute Gasteiger partial charge is 0.408 e. The van der Waals surface area contributed by atoms with E-state index in [4.69, 9.17) is 37.1 Å². The molecule has 0 unspecified atom stereocenters. The van der Waals surface area contributed by atoms with Crippen LogP contribution in [0.3, 0.4) is 0 Å². The fraction of sp³-hybridized carbons (Fsp3) is 0.280. The van der Waals surface area contributed by atoms with Crippen molar-refractivity contribution in [2.24, 2.45) is 18.9 Å². The summed E-state index contributed by atoms with van der Waals surface area (Å²) in [6.45, 7) is 5.11. The van der Waals surface area contributed by atoms with Crippen molar-refractivity contribution in [2.45, 2.75) is 54.8 Å². The van der Waals surface area contributed by atoms with Gasteiger partial charge in [0.25, 0.3) is 37.8 Å². The minimum Gasteiger partial charge on any atom is -0.425 e. The molecule has 3 aliphatic heterocycles. The van der Waals surface area contributed by atoms with Gasteiger partial charge in [-0.3, -0.25) is 14.4 Å². The molecule has 0 atom stereocenters. The summed E-state index contributed by atoms with van der Waals surface area (Å²) in [5, 5.41) is 12.3. The minimum absolute atomic E-state index is 0.0180. The zero-order valence-electron chi connectivity index (χ0n) is 60.2. The number of likely N-dealkylation sites (tertiary alicyclic amines) is 2. The Labute approximate surface area is 637 Å². The average molecular weight is 1540 g/mol. The summed E-state index contributed by atoms with van der Waals surface area (Å²) in [6, 6.07) is 57.5. The Bertz CT molecular complexity index is 4680. The Morgan fingerprint density at radius 1 is 0.459 bits per heavy atom. The molecule has 12 rings (SSSR count). The zero-order valence-corrected chi connectivity index (χ0v) is 62.7. The second-order valence-electron chi connectivity index (χ2n) is 25.3. The Morgan fingerprint density at radius 3 is 1.10 bits per heavy atom. The Morgan fingerprint density at radius 2 is 0.771 bits per heavy atom. The van der Waals surface area contributed by atoms with E-state index in [0.717, 1.165) is 49.6 Å². The van der Waals surface area contributed by atoms with Crippen LogP contribution in [0.5, 0.6) is 17.2 Å². The van der Waals surface area contributed by atoms with E-state index < -0.39 is 37.3 Å². The van der Waals surface area contributed by atoms with E-state index in [-0.39, 0.29) is 69.3 Å². The lowest BCUT2D eigenvalue weighted by molar-refractivity contribution is -0.160. The lowest BCUT2D eigenvalue weighted by Gasteiger charge is -2.42. The monoisotopic (exact) mass is 1540 g/mol. The van der Waals surface area contributed by atoms with E-state index in [1.165, 1.54) is 49.9 Å². The van der Waals surface area contributed by atoms with Crippen LogP contribution in [0.1, 0.15) is 86.7 Å². The lowest BCUT2D eigenvalue weighted by Crippen LogP contribution is -2.52. The minimum atomic E-state index is -3.69. The number of para-hydroxylation sites is 3. The third-order valence-corrected chi connectivity index (χ3v) is 19.3. The van der Waals surface area contributed by atoms with E-state index in [1.54, 1.807) is 53.4 Å². The van der Waals surface area contributed by atoms with E-state index in [9.17, 15) is 31.2 Å². The maximum atomic E-state index is 12.8. The number of nitrogen functional groups attached to an aromatic ring is 3. The SMILES string of the molecule is COOSN=C(Oc1ccccc1)Oc1ccccc1.CS(=O)(=O)N=C(N)N1CCC(CNC(=O)c2nccnc2N)(c2ccccc2)CC1.CS(=O)(=O)N=C(Oc1ccccc1)N1CCC(CNC(=O)c2nccnc2N)(c2ccccc2)CC1.Nc1nccnc1C(=O)NCC1(c2ccccc2)CCNCC1. The zero-order chi connectivity index (χ0) is 77.5. The number of sulfonamides is 2. The summed E-state index contributed by atoms with van der Waals surface area (Å²) in [5.74, 6) is 0.932. The van der Waals surface area contributed by atoms with Gasteiger partial charge in [0.1, 0.15) is 17.2 Å². The van der Waals surface area contributed by atoms with Gasteiger partial charge in [-0.25, -0.2) is 51.6 Å². The summed E-state index contributed by atoms with van der Waals surface area (Å²) in [4.78, 5) is 69.6. The summed E-state index contributed by atoms with van der Waals surface area (Å²) in [6.07, 6.45) is 15.2. The average Bonchev–Trinajstić information content (AvgIpc) is 0.802. The summed E-state index contributed by atoms with van der Waals surface area (Å²) >= 11 is 0.716. The summed E-state index contributed by atoms with van der Waals surface area (Å²) < 4.78 is 79.8. The van der Waals surface area contributed by atoms with Gasteiger partial charge >= 0.3 is 12.1 Å². The highest BCUT2D eigenvalue weighted by molar-refractivity contribution is 7.93. The Hall–Kier alpha value is -11.7. The first-order valence-electron chi connectivity index (χ1n) is 34.5. The second-order valence-corrected chi connectivity index (χ2v) is 29.0. The Balaban J connectivity index is 0.000000172. The number of rotatable bonds is 20. The number of carbonyl (C=O) groups is 3. The van der Waals surface area contributed by atoms with Crippen LogP contribution in [0.4, 0.5) is 17.5 Å². The Kier molecular flexibility index (Phi) is 29.7. The summed E-state index contributed by atoms with van der Waals surface area (Å²) in [5.41, 5.74) is 26.1. The molecule has 3 amide bonds.